The first-order valence-electron chi connectivity index (χ1n) is 39.4. The fourth-order valence-electron chi connectivity index (χ4n) is 18.8. The summed E-state index contributed by atoms with van der Waals surface area (Å²) in [5.41, 5.74) is 32.7. The Bertz CT molecular complexity index is 6810. The van der Waals surface area contributed by atoms with Crippen LogP contribution in [-0.2, 0) is 10.8 Å². The zero-order valence-corrected chi connectivity index (χ0v) is 63.4. The monoisotopic (exact) mass is 1470 g/mol. The minimum Gasteiger partial charge on any atom is -0.453 e. The summed E-state index contributed by atoms with van der Waals surface area (Å²) >= 11 is 1.90. The lowest BCUT2D eigenvalue weighted by Gasteiger charge is -2.34. The number of nitrogens with zero attached hydrogens (tertiary/aromatic N) is 1. The van der Waals surface area contributed by atoms with E-state index < -0.39 is 10.8 Å². The normalized spacial score (nSPS) is 12.8. The lowest BCUT2D eigenvalue weighted by Crippen LogP contribution is -2.28. The molecule has 2 aromatic heterocycles. The lowest BCUT2D eigenvalue weighted by atomic mass is 9.67. The first kappa shape index (κ1) is 67.9. The van der Waals surface area contributed by atoms with E-state index in [1.807, 2.05) is 11.3 Å². The maximum Gasteiger partial charge on any atom is 0.159 e. The van der Waals surface area contributed by atoms with Gasteiger partial charge in [-0.2, -0.15) is 0 Å². The average molecular weight is 1470 g/mol. The summed E-state index contributed by atoms with van der Waals surface area (Å²) in [5.74, 6) is 0.0512. The molecule has 0 bridgehead atoms. The Morgan fingerprint density at radius 2 is 0.605 bits per heavy atom. The van der Waals surface area contributed by atoms with Crippen molar-refractivity contribution in [3.63, 3.8) is 0 Å². The van der Waals surface area contributed by atoms with Crippen LogP contribution in [0.3, 0.4) is 0 Å². The van der Waals surface area contributed by atoms with E-state index in [4.69, 9.17) is 4.42 Å². The van der Waals surface area contributed by atoms with Gasteiger partial charge in [0, 0.05) is 53.8 Å². The van der Waals surface area contributed by atoms with Crippen molar-refractivity contribution < 1.29 is 4.42 Å². The summed E-state index contributed by atoms with van der Waals surface area (Å²) < 4.78 is 9.98. The van der Waals surface area contributed by atoms with E-state index in [-0.39, 0.29) is 5.92 Å². The molecule has 2 aliphatic rings. The second-order valence-electron chi connectivity index (χ2n) is 30.0. The fourth-order valence-corrected chi connectivity index (χ4v) is 20.0. The van der Waals surface area contributed by atoms with E-state index in [1.165, 1.54) is 137 Å². The fraction of sp³-hybridized carbons (Fsp3) is 0.0270. The Labute approximate surface area is 668 Å². The standard InChI is InChI=1S/C56H38S.C55H37NO/c1-4-16-38(17-5-1)40-20-14-22-42(34-40)55(43-23-15-21-41(35-43)39-18-6-2-7-19-39)44-30-32-49-50-37-46(31-33-53(50)57-54(49)36-44)56(45-24-8-3-9-25-45)51-28-12-10-26-47(51)48-27-11-13-29-52(48)56;1-4-18-38(19-5-1)39-20-14-21-40(36-39)41-22-15-27-44(37-41)56(43-25-8-3-9-26-43)52-35-17-31-48-47-30-16-34-51(53(47)57-54(48)52)55(42-23-6-2-7-24-42)49-32-12-10-28-45(49)46-29-11-13-33-50(46)55/h1-37,55H;1-37H. The third-order valence-corrected chi connectivity index (χ3v) is 24.9. The van der Waals surface area contributed by atoms with Crippen molar-refractivity contribution in [3.8, 4) is 66.8 Å². The van der Waals surface area contributed by atoms with E-state index in [0.29, 0.717) is 0 Å². The number of rotatable bonds is 14. The van der Waals surface area contributed by atoms with Gasteiger partial charge in [-0.05, 0) is 177 Å². The van der Waals surface area contributed by atoms with Gasteiger partial charge in [-0.15, -0.1) is 11.3 Å². The molecule has 0 atom stereocenters. The van der Waals surface area contributed by atoms with Crippen LogP contribution in [0.5, 0.6) is 0 Å². The Morgan fingerprint density at radius 3 is 1.15 bits per heavy atom. The summed E-state index contributed by atoms with van der Waals surface area (Å²) in [4.78, 5) is 2.34. The predicted octanol–water partition coefficient (Wildman–Crippen LogP) is 29.7. The van der Waals surface area contributed by atoms with E-state index in [9.17, 15) is 0 Å². The van der Waals surface area contributed by atoms with Crippen molar-refractivity contribution in [1.29, 1.82) is 0 Å². The molecule has 20 aromatic rings. The Balaban J connectivity index is 0.000000143. The molecule has 0 saturated carbocycles. The molecule has 0 fully saturated rings. The molecule has 0 amide bonds. The van der Waals surface area contributed by atoms with Crippen molar-refractivity contribution >= 4 is 70.5 Å². The number of hydrogen-bond acceptors (Lipinski definition) is 3. The summed E-state index contributed by atoms with van der Waals surface area (Å²) in [6.45, 7) is 0. The zero-order chi connectivity index (χ0) is 75.5. The number of thiophene rings is 1. The maximum atomic E-state index is 7.37. The third-order valence-electron chi connectivity index (χ3n) is 23.8. The Kier molecular flexibility index (Phi) is 17.0. The van der Waals surface area contributed by atoms with Gasteiger partial charge in [-0.25, -0.2) is 0 Å². The summed E-state index contributed by atoms with van der Waals surface area (Å²) in [6, 6.07) is 164. The molecule has 3 heteroatoms. The molecule has 0 unspecified atom stereocenters. The van der Waals surface area contributed by atoms with Gasteiger partial charge in [0.15, 0.2) is 5.58 Å². The molecule has 18 aromatic carbocycles. The zero-order valence-electron chi connectivity index (χ0n) is 62.6. The largest absolute Gasteiger partial charge is 0.453 e. The van der Waals surface area contributed by atoms with Crippen molar-refractivity contribution in [2.45, 2.75) is 16.7 Å². The van der Waals surface area contributed by atoms with Gasteiger partial charge in [-0.3, -0.25) is 0 Å². The van der Waals surface area contributed by atoms with Crippen LogP contribution in [0.25, 0.3) is 109 Å². The highest BCUT2D eigenvalue weighted by molar-refractivity contribution is 7.25. The molecular formula is C111H75NOS. The van der Waals surface area contributed by atoms with Crippen molar-refractivity contribution in [2.24, 2.45) is 0 Å². The second kappa shape index (κ2) is 28.6. The van der Waals surface area contributed by atoms with Crippen molar-refractivity contribution in [1.82, 2.24) is 0 Å². The summed E-state index contributed by atoms with van der Waals surface area (Å²) in [7, 11) is 0. The van der Waals surface area contributed by atoms with E-state index >= 15 is 0 Å². The molecular weight excluding hydrogens is 1400 g/mol. The molecule has 0 N–H and O–H groups in total. The van der Waals surface area contributed by atoms with Crippen LogP contribution in [0, 0.1) is 0 Å². The van der Waals surface area contributed by atoms with Crippen LogP contribution in [-0.4, -0.2) is 0 Å². The molecule has 2 heterocycles. The molecule has 0 aliphatic heterocycles. The van der Waals surface area contributed by atoms with Crippen LogP contribution in [0.4, 0.5) is 17.1 Å². The summed E-state index contributed by atoms with van der Waals surface area (Å²) in [5, 5.41) is 4.80. The molecule has 2 nitrogen and oxygen atoms in total. The smallest absolute Gasteiger partial charge is 0.159 e. The van der Waals surface area contributed by atoms with Crippen LogP contribution >= 0.6 is 11.3 Å². The van der Waals surface area contributed by atoms with E-state index in [2.05, 4.69) is 454 Å². The first-order chi connectivity index (χ1) is 56.5. The van der Waals surface area contributed by atoms with Crippen LogP contribution in [0.15, 0.2) is 453 Å². The molecule has 22 rings (SSSR count). The highest BCUT2D eigenvalue weighted by atomic mass is 32.1. The number of hydrogen-bond donors (Lipinski definition) is 0. The minimum atomic E-state index is -0.580. The van der Waals surface area contributed by atoms with Gasteiger partial charge >= 0.3 is 0 Å². The Morgan fingerprint density at radius 1 is 0.219 bits per heavy atom. The van der Waals surface area contributed by atoms with Gasteiger partial charge < -0.3 is 9.32 Å². The molecule has 0 saturated heterocycles. The van der Waals surface area contributed by atoms with Crippen LogP contribution in [0.2, 0.25) is 0 Å². The van der Waals surface area contributed by atoms with Crippen molar-refractivity contribution in [2.75, 3.05) is 4.90 Å². The number of fused-ring (bicyclic) bond motifs is 12. The predicted molar refractivity (Wildman–Crippen MR) is 478 cm³/mol. The SMILES string of the molecule is c1ccc(-c2cccc(-c3cccc(N(c4ccccc4)c4cccc5c4oc4c(C6(c7ccccc7)c7ccccc7-c7ccccc76)cccc45)c3)c2)cc1.c1ccc(-c2cccc(C(c3cccc(-c4ccccc4)c3)c3ccc4c(c3)sc3ccc(C5(c6ccccc6)c6ccccc6-c6ccccc65)cc34)c2)cc1. The highest BCUT2D eigenvalue weighted by Crippen LogP contribution is 2.60. The molecule has 114 heavy (non-hydrogen) atoms. The molecule has 0 spiro atoms. The lowest BCUT2D eigenvalue weighted by molar-refractivity contribution is 0.648. The van der Waals surface area contributed by atoms with Gasteiger partial charge in [0.2, 0.25) is 0 Å². The maximum absolute atomic E-state index is 7.37. The Hall–Kier alpha value is -14.2. The second-order valence-corrected chi connectivity index (χ2v) is 31.1. The quantitative estimate of drug-likeness (QED) is 0.101. The van der Waals surface area contributed by atoms with Gasteiger partial charge in [0.1, 0.15) is 5.58 Å². The highest BCUT2D eigenvalue weighted by Gasteiger charge is 2.49. The minimum absolute atomic E-state index is 0.0512. The summed E-state index contributed by atoms with van der Waals surface area (Å²) in [6.07, 6.45) is 0. The molecule has 2 aliphatic carbocycles. The number of para-hydroxylation sites is 3. The van der Waals surface area contributed by atoms with E-state index in [1.54, 1.807) is 0 Å². The molecule has 0 radical (unpaired) electrons. The molecule has 536 valence electrons. The number of anilines is 3. The topological polar surface area (TPSA) is 16.4 Å². The third kappa shape index (κ3) is 11.4. The van der Waals surface area contributed by atoms with Gasteiger partial charge in [0.05, 0.1) is 16.5 Å². The number of furan rings is 1. The van der Waals surface area contributed by atoms with Gasteiger partial charge in [-0.1, -0.05) is 394 Å². The van der Waals surface area contributed by atoms with Gasteiger partial charge in [0.25, 0.3) is 0 Å². The average Bonchev–Trinajstić information content (AvgIpc) is 1.53. The van der Waals surface area contributed by atoms with Crippen LogP contribution in [0.1, 0.15) is 67.1 Å². The number of benzene rings is 18. The van der Waals surface area contributed by atoms with E-state index in [0.717, 1.165) is 50.1 Å². The first-order valence-corrected chi connectivity index (χ1v) is 40.2. The van der Waals surface area contributed by atoms with Crippen molar-refractivity contribution in [3.05, 3.63) is 510 Å². The van der Waals surface area contributed by atoms with Crippen LogP contribution < -0.4 is 4.90 Å².